The molecule has 140 valence electrons. The molecule has 1 aromatic carbocycles. The number of rotatable bonds is 3. The fourth-order valence-electron chi connectivity index (χ4n) is 3.21. The predicted octanol–water partition coefficient (Wildman–Crippen LogP) is 2.22. The fourth-order valence-corrected chi connectivity index (χ4v) is 3.21. The number of fused-ring (bicyclic) bond motifs is 1. The molecule has 7 nitrogen and oxygen atoms in total. The Bertz CT molecular complexity index is 1170. The largest absolute Gasteiger partial charge is 0.333 e. The van der Waals surface area contributed by atoms with Gasteiger partial charge in [-0.2, -0.15) is 0 Å². The molecule has 0 fully saturated rings. The normalized spacial score (nSPS) is 12.2. The molecule has 1 amide bonds. The zero-order valence-electron chi connectivity index (χ0n) is 16.0. The van der Waals surface area contributed by atoms with Crippen LogP contribution < -0.4 is 16.6 Å². The Morgan fingerprint density at radius 1 is 1.15 bits per heavy atom. The zero-order valence-corrected chi connectivity index (χ0v) is 16.0. The molecular weight excluding hydrogens is 344 g/mol. The number of benzene rings is 1. The minimum absolute atomic E-state index is 0.324. The first-order valence-electron chi connectivity index (χ1n) is 8.67. The van der Waals surface area contributed by atoms with Gasteiger partial charge in [-0.25, -0.2) is 14.3 Å². The monoisotopic (exact) mass is 366 g/mol. The Morgan fingerprint density at radius 2 is 1.85 bits per heavy atom. The van der Waals surface area contributed by atoms with Crippen molar-refractivity contribution in [2.24, 2.45) is 7.05 Å². The fraction of sp³-hybridized carbons (Fsp3) is 0.300. The number of hydrogen-bond donors (Lipinski definition) is 1. The first-order valence-corrected chi connectivity index (χ1v) is 8.67. The van der Waals surface area contributed by atoms with Gasteiger partial charge in [0.15, 0.2) is 0 Å². The molecule has 7 heteroatoms. The average Bonchev–Trinajstić information content (AvgIpc) is 2.59. The minimum Gasteiger partial charge on any atom is -0.324 e. The van der Waals surface area contributed by atoms with Crippen LogP contribution in [0.25, 0.3) is 11.0 Å². The number of nitrogens with one attached hydrogen (secondary N) is 1. The maximum Gasteiger partial charge on any atom is 0.333 e. The quantitative estimate of drug-likeness (QED) is 0.770. The third-order valence-electron chi connectivity index (χ3n) is 4.62. The highest BCUT2D eigenvalue weighted by atomic mass is 16.2. The predicted molar refractivity (Wildman–Crippen MR) is 105 cm³/mol. The standard InChI is InChI=1S/C20H22N4O3/c1-11-7-6-8-15(9-11)22-18(25)14(4)24-19(26)16-12(2)10-13(3)21-17(16)23(5)20(24)27/h6-10,14H,1-5H3,(H,22,25)/t14-/m1/s1. The van der Waals surface area contributed by atoms with Crippen LogP contribution in [0.4, 0.5) is 5.69 Å². The van der Waals surface area contributed by atoms with Crippen LogP contribution in [0, 0.1) is 20.8 Å². The lowest BCUT2D eigenvalue weighted by Gasteiger charge is -2.17. The van der Waals surface area contributed by atoms with Gasteiger partial charge in [0.2, 0.25) is 5.91 Å². The van der Waals surface area contributed by atoms with Crippen molar-refractivity contribution in [3.63, 3.8) is 0 Å². The number of carbonyl (C=O) groups excluding carboxylic acids is 1. The van der Waals surface area contributed by atoms with Crippen LogP contribution in [0.3, 0.4) is 0 Å². The number of nitrogens with zero attached hydrogens (tertiary/aromatic N) is 3. The Morgan fingerprint density at radius 3 is 2.52 bits per heavy atom. The number of carbonyl (C=O) groups is 1. The Balaban J connectivity index is 2.12. The highest BCUT2D eigenvalue weighted by Crippen LogP contribution is 2.15. The lowest BCUT2D eigenvalue weighted by atomic mass is 10.1. The summed E-state index contributed by atoms with van der Waals surface area (Å²) in [6.07, 6.45) is 0. The SMILES string of the molecule is Cc1cccc(NC(=O)[C@@H](C)n2c(=O)c3c(C)cc(C)nc3n(C)c2=O)c1. The number of pyridine rings is 1. The van der Waals surface area contributed by atoms with Gasteiger partial charge in [-0.1, -0.05) is 12.1 Å². The molecule has 0 unspecified atom stereocenters. The van der Waals surface area contributed by atoms with E-state index in [0.29, 0.717) is 16.7 Å². The van der Waals surface area contributed by atoms with E-state index >= 15 is 0 Å². The zero-order chi connectivity index (χ0) is 19.9. The lowest BCUT2D eigenvalue weighted by Crippen LogP contribution is -2.44. The van der Waals surface area contributed by atoms with Gasteiger partial charge < -0.3 is 5.32 Å². The van der Waals surface area contributed by atoms with Crippen LogP contribution in [0.15, 0.2) is 39.9 Å². The highest BCUT2D eigenvalue weighted by Gasteiger charge is 2.23. The third-order valence-corrected chi connectivity index (χ3v) is 4.62. The smallest absolute Gasteiger partial charge is 0.324 e. The van der Waals surface area contributed by atoms with Crippen molar-refractivity contribution in [1.82, 2.24) is 14.1 Å². The highest BCUT2D eigenvalue weighted by molar-refractivity contribution is 5.93. The van der Waals surface area contributed by atoms with Gasteiger partial charge in [-0.05, 0) is 57.0 Å². The van der Waals surface area contributed by atoms with Gasteiger partial charge in [0.05, 0.1) is 5.39 Å². The summed E-state index contributed by atoms with van der Waals surface area (Å²) >= 11 is 0. The van der Waals surface area contributed by atoms with E-state index in [-0.39, 0.29) is 0 Å². The summed E-state index contributed by atoms with van der Waals surface area (Å²) in [7, 11) is 1.55. The topological polar surface area (TPSA) is 86.0 Å². The molecular formula is C20H22N4O3. The van der Waals surface area contributed by atoms with Crippen LogP contribution in [-0.2, 0) is 11.8 Å². The summed E-state index contributed by atoms with van der Waals surface area (Å²) in [6, 6.07) is 8.14. The van der Waals surface area contributed by atoms with Crippen LogP contribution in [0.1, 0.15) is 29.8 Å². The number of aryl methyl sites for hydroxylation is 4. The van der Waals surface area contributed by atoms with E-state index < -0.39 is 23.2 Å². The molecule has 3 rings (SSSR count). The van der Waals surface area contributed by atoms with Gasteiger partial charge in [-0.15, -0.1) is 0 Å². The number of aromatic nitrogens is 3. The van der Waals surface area contributed by atoms with Crippen molar-refractivity contribution >= 4 is 22.6 Å². The van der Waals surface area contributed by atoms with Gasteiger partial charge in [0.25, 0.3) is 5.56 Å². The maximum absolute atomic E-state index is 13.0. The second-order valence-corrected chi connectivity index (χ2v) is 6.83. The van der Waals surface area contributed by atoms with E-state index in [0.717, 1.165) is 21.4 Å². The van der Waals surface area contributed by atoms with Crippen LogP contribution in [0.5, 0.6) is 0 Å². The van der Waals surface area contributed by atoms with Crippen molar-refractivity contribution in [3.05, 3.63) is 68.0 Å². The molecule has 3 aromatic rings. The number of amides is 1. The second kappa shape index (κ2) is 6.83. The summed E-state index contributed by atoms with van der Waals surface area (Å²) in [4.78, 5) is 42.8. The summed E-state index contributed by atoms with van der Waals surface area (Å²) in [5.74, 6) is -0.433. The first-order chi connectivity index (χ1) is 12.7. The molecule has 1 N–H and O–H groups in total. The number of anilines is 1. The molecule has 0 radical (unpaired) electrons. The van der Waals surface area contributed by atoms with E-state index in [1.54, 1.807) is 33.0 Å². The first kappa shape index (κ1) is 18.6. The molecule has 0 spiro atoms. The average molecular weight is 366 g/mol. The Hall–Kier alpha value is -3.22. The molecule has 0 bridgehead atoms. The molecule has 0 aliphatic heterocycles. The summed E-state index contributed by atoms with van der Waals surface area (Å²) in [6.45, 7) is 7.06. The van der Waals surface area contributed by atoms with E-state index in [9.17, 15) is 14.4 Å². The van der Waals surface area contributed by atoms with Crippen molar-refractivity contribution in [3.8, 4) is 0 Å². The van der Waals surface area contributed by atoms with E-state index in [1.807, 2.05) is 25.1 Å². The van der Waals surface area contributed by atoms with E-state index in [1.165, 1.54) is 11.5 Å². The van der Waals surface area contributed by atoms with Crippen LogP contribution in [-0.4, -0.2) is 20.0 Å². The molecule has 0 aliphatic carbocycles. The Kier molecular flexibility index (Phi) is 4.70. The summed E-state index contributed by atoms with van der Waals surface area (Å²) in [5.41, 5.74) is 2.30. The molecule has 2 heterocycles. The molecule has 0 saturated heterocycles. The molecule has 1 atom stereocenters. The van der Waals surface area contributed by atoms with Crippen molar-refractivity contribution < 1.29 is 4.79 Å². The van der Waals surface area contributed by atoms with Crippen LogP contribution >= 0.6 is 0 Å². The maximum atomic E-state index is 13.0. The third kappa shape index (κ3) is 3.28. The number of hydrogen-bond acceptors (Lipinski definition) is 4. The molecule has 0 saturated carbocycles. The van der Waals surface area contributed by atoms with Gasteiger partial charge in [0.1, 0.15) is 11.7 Å². The van der Waals surface area contributed by atoms with Crippen LogP contribution in [0.2, 0.25) is 0 Å². The van der Waals surface area contributed by atoms with Gasteiger partial charge in [0, 0.05) is 18.4 Å². The van der Waals surface area contributed by atoms with Gasteiger partial charge >= 0.3 is 5.69 Å². The summed E-state index contributed by atoms with van der Waals surface area (Å²) < 4.78 is 2.30. The van der Waals surface area contributed by atoms with Crippen molar-refractivity contribution in [1.29, 1.82) is 0 Å². The van der Waals surface area contributed by atoms with E-state index in [4.69, 9.17) is 0 Å². The second-order valence-electron chi connectivity index (χ2n) is 6.83. The molecule has 27 heavy (non-hydrogen) atoms. The lowest BCUT2D eigenvalue weighted by molar-refractivity contribution is -0.119. The summed E-state index contributed by atoms with van der Waals surface area (Å²) in [5, 5.41) is 3.11. The minimum atomic E-state index is -0.971. The molecule has 0 aliphatic rings. The van der Waals surface area contributed by atoms with Crippen molar-refractivity contribution in [2.75, 3.05) is 5.32 Å². The van der Waals surface area contributed by atoms with E-state index in [2.05, 4.69) is 10.3 Å². The van der Waals surface area contributed by atoms with Gasteiger partial charge in [-0.3, -0.25) is 14.2 Å². The van der Waals surface area contributed by atoms with Crippen molar-refractivity contribution in [2.45, 2.75) is 33.7 Å². The Labute approximate surface area is 156 Å². The molecule has 2 aromatic heterocycles.